The lowest BCUT2D eigenvalue weighted by atomic mass is 10.2. The third-order valence-corrected chi connectivity index (χ3v) is 3.98. The highest BCUT2D eigenvalue weighted by Crippen LogP contribution is 2.17. The number of benzene rings is 2. The van der Waals surface area contributed by atoms with Crippen LogP contribution in [0.5, 0.6) is 0 Å². The Bertz CT molecular complexity index is 828. The molecule has 0 fully saturated rings. The van der Waals surface area contributed by atoms with Gasteiger partial charge in [-0.05, 0) is 55.5 Å². The molecule has 24 heavy (non-hydrogen) atoms. The van der Waals surface area contributed by atoms with Gasteiger partial charge in [-0.3, -0.25) is 4.79 Å². The Labute approximate surface area is 149 Å². The van der Waals surface area contributed by atoms with Gasteiger partial charge in [-0.25, -0.2) is 4.98 Å². The summed E-state index contributed by atoms with van der Waals surface area (Å²) in [6.07, 6.45) is 1.63. The lowest BCUT2D eigenvalue weighted by molar-refractivity contribution is 0.102. The maximum atomic E-state index is 12.2. The Balaban J connectivity index is 1.64. The first kappa shape index (κ1) is 16.2. The predicted octanol–water partition coefficient (Wildman–Crippen LogP) is 5.15. The molecule has 0 bridgehead atoms. The Kier molecular flexibility index (Phi) is 4.91. The molecule has 0 aliphatic heterocycles. The standard InChI is InChI=1S/C19H16BrN3O/c1-13-2-8-16(9-3-13)22-18-11-10-17(12-21-18)23-19(24)14-4-6-15(20)7-5-14/h2-12H,1H3,(H,21,22)(H,23,24). The summed E-state index contributed by atoms with van der Waals surface area (Å²) in [7, 11) is 0. The van der Waals surface area contributed by atoms with Crippen LogP contribution < -0.4 is 10.6 Å². The molecule has 2 N–H and O–H groups in total. The zero-order valence-corrected chi connectivity index (χ0v) is 14.7. The average molecular weight is 382 g/mol. The average Bonchev–Trinajstić information content (AvgIpc) is 2.59. The minimum absolute atomic E-state index is 0.163. The molecule has 120 valence electrons. The maximum Gasteiger partial charge on any atom is 0.255 e. The number of halogens is 1. The topological polar surface area (TPSA) is 54.0 Å². The van der Waals surface area contributed by atoms with E-state index >= 15 is 0 Å². The van der Waals surface area contributed by atoms with E-state index in [9.17, 15) is 4.79 Å². The number of carbonyl (C=O) groups excluding carboxylic acids is 1. The van der Waals surface area contributed by atoms with Crippen molar-refractivity contribution in [2.75, 3.05) is 10.6 Å². The van der Waals surface area contributed by atoms with E-state index in [2.05, 4.69) is 31.5 Å². The van der Waals surface area contributed by atoms with Crippen molar-refractivity contribution >= 4 is 39.0 Å². The van der Waals surface area contributed by atoms with Crippen LogP contribution in [-0.2, 0) is 0 Å². The molecule has 2 aromatic carbocycles. The van der Waals surface area contributed by atoms with Crippen molar-refractivity contribution in [1.29, 1.82) is 0 Å². The first-order chi connectivity index (χ1) is 11.6. The number of amides is 1. The molecule has 0 radical (unpaired) electrons. The zero-order valence-electron chi connectivity index (χ0n) is 13.1. The highest BCUT2D eigenvalue weighted by atomic mass is 79.9. The fraction of sp³-hybridized carbons (Fsp3) is 0.0526. The molecule has 3 aromatic rings. The molecular formula is C19H16BrN3O. The molecule has 0 saturated carbocycles. The smallest absolute Gasteiger partial charge is 0.255 e. The summed E-state index contributed by atoms with van der Waals surface area (Å²) < 4.78 is 0.937. The maximum absolute atomic E-state index is 12.2. The van der Waals surface area contributed by atoms with Crippen molar-refractivity contribution < 1.29 is 4.79 Å². The molecule has 0 spiro atoms. The van der Waals surface area contributed by atoms with E-state index in [0.717, 1.165) is 16.0 Å². The lowest BCUT2D eigenvalue weighted by Gasteiger charge is -2.08. The summed E-state index contributed by atoms with van der Waals surface area (Å²) in [5.74, 6) is 0.559. The van der Waals surface area contributed by atoms with Gasteiger partial charge in [-0.2, -0.15) is 0 Å². The van der Waals surface area contributed by atoms with E-state index in [1.807, 2.05) is 55.5 Å². The summed E-state index contributed by atoms with van der Waals surface area (Å²) in [6, 6.07) is 18.9. The zero-order chi connectivity index (χ0) is 16.9. The number of nitrogens with one attached hydrogen (secondary N) is 2. The Morgan fingerprint density at radius 3 is 2.21 bits per heavy atom. The van der Waals surface area contributed by atoms with Gasteiger partial charge in [0.15, 0.2) is 0 Å². The largest absolute Gasteiger partial charge is 0.340 e. The third kappa shape index (κ3) is 4.20. The second-order valence-electron chi connectivity index (χ2n) is 5.38. The van der Waals surface area contributed by atoms with Gasteiger partial charge in [0.1, 0.15) is 5.82 Å². The Morgan fingerprint density at radius 2 is 1.58 bits per heavy atom. The highest BCUT2D eigenvalue weighted by Gasteiger charge is 2.06. The van der Waals surface area contributed by atoms with Gasteiger partial charge < -0.3 is 10.6 Å². The van der Waals surface area contributed by atoms with Crippen LogP contribution in [0.15, 0.2) is 71.3 Å². The van der Waals surface area contributed by atoms with Crippen LogP contribution in [0.25, 0.3) is 0 Å². The van der Waals surface area contributed by atoms with Crippen molar-refractivity contribution in [2.45, 2.75) is 6.92 Å². The molecule has 0 atom stereocenters. The van der Waals surface area contributed by atoms with Crippen molar-refractivity contribution in [3.05, 3.63) is 82.5 Å². The normalized spacial score (nSPS) is 10.2. The number of carbonyl (C=O) groups is 1. The molecule has 3 rings (SSSR count). The van der Waals surface area contributed by atoms with E-state index < -0.39 is 0 Å². The molecule has 5 heteroatoms. The molecule has 0 saturated heterocycles. The monoisotopic (exact) mass is 381 g/mol. The molecule has 1 aromatic heterocycles. The number of nitrogens with zero attached hydrogens (tertiary/aromatic N) is 1. The molecule has 4 nitrogen and oxygen atoms in total. The number of aryl methyl sites for hydroxylation is 1. The van der Waals surface area contributed by atoms with Crippen LogP contribution in [-0.4, -0.2) is 10.9 Å². The Morgan fingerprint density at radius 1 is 0.917 bits per heavy atom. The van der Waals surface area contributed by atoms with Crippen molar-refractivity contribution in [3.63, 3.8) is 0 Å². The summed E-state index contributed by atoms with van der Waals surface area (Å²) in [6.45, 7) is 2.05. The number of pyridine rings is 1. The van der Waals surface area contributed by atoms with Crippen LogP contribution >= 0.6 is 15.9 Å². The number of rotatable bonds is 4. The molecule has 0 aliphatic carbocycles. The van der Waals surface area contributed by atoms with Gasteiger partial charge in [0, 0.05) is 15.7 Å². The predicted molar refractivity (Wildman–Crippen MR) is 101 cm³/mol. The van der Waals surface area contributed by atoms with E-state index in [1.54, 1.807) is 18.3 Å². The molecule has 0 unspecified atom stereocenters. The number of hydrogen-bond donors (Lipinski definition) is 2. The second kappa shape index (κ2) is 7.27. The van der Waals surface area contributed by atoms with E-state index in [4.69, 9.17) is 0 Å². The van der Waals surface area contributed by atoms with Gasteiger partial charge in [0.2, 0.25) is 0 Å². The van der Waals surface area contributed by atoms with Crippen LogP contribution in [0.3, 0.4) is 0 Å². The number of anilines is 3. The summed E-state index contributed by atoms with van der Waals surface area (Å²) in [5.41, 5.74) is 3.43. The second-order valence-corrected chi connectivity index (χ2v) is 6.30. The van der Waals surface area contributed by atoms with Crippen LogP contribution in [0, 0.1) is 6.92 Å². The van der Waals surface area contributed by atoms with Crippen molar-refractivity contribution in [1.82, 2.24) is 4.98 Å². The molecule has 1 heterocycles. The quantitative estimate of drug-likeness (QED) is 0.656. The highest BCUT2D eigenvalue weighted by molar-refractivity contribution is 9.10. The number of aromatic nitrogens is 1. The first-order valence-corrected chi connectivity index (χ1v) is 8.26. The summed E-state index contributed by atoms with van der Waals surface area (Å²) in [5, 5.41) is 6.05. The minimum atomic E-state index is -0.163. The van der Waals surface area contributed by atoms with E-state index in [-0.39, 0.29) is 5.91 Å². The Hall–Kier alpha value is -2.66. The number of hydrogen-bond acceptors (Lipinski definition) is 3. The molecule has 1 amide bonds. The van der Waals surface area contributed by atoms with Crippen molar-refractivity contribution in [2.24, 2.45) is 0 Å². The molecule has 0 aliphatic rings. The molecular weight excluding hydrogens is 366 g/mol. The fourth-order valence-corrected chi connectivity index (χ4v) is 2.40. The minimum Gasteiger partial charge on any atom is -0.340 e. The van der Waals surface area contributed by atoms with Crippen molar-refractivity contribution in [3.8, 4) is 0 Å². The first-order valence-electron chi connectivity index (χ1n) is 7.47. The lowest BCUT2D eigenvalue weighted by Crippen LogP contribution is -2.11. The SMILES string of the molecule is Cc1ccc(Nc2ccc(NC(=O)c3ccc(Br)cc3)cn2)cc1. The summed E-state index contributed by atoms with van der Waals surface area (Å²) in [4.78, 5) is 16.5. The fourth-order valence-electron chi connectivity index (χ4n) is 2.13. The van der Waals surface area contributed by atoms with Crippen LogP contribution in [0.2, 0.25) is 0 Å². The third-order valence-electron chi connectivity index (χ3n) is 3.45. The summed E-state index contributed by atoms with van der Waals surface area (Å²) >= 11 is 3.35. The van der Waals surface area contributed by atoms with Gasteiger partial charge in [-0.15, -0.1) is 0 Å². The van der Waals surface area contributed by atoms with Gasteiger partial charge in [0.05, 0.1) is 11.9 Å². The van der Waals surface area contributed by atoms with Gasteiger partial charge in [-0.1, -0.05) is 33.6 Å². The van der Waals surface area contributed by atoms with E-state index in [0.29, 0.717) is 11.3 Å². The van der Waals surface area contributed by atoms with Gasteiger partial charge >= 0.3 is 0 Å². The van der Waals surface area contributed by atoms with Gasteiger partial charge in [0.25, 0.3) is 5.91 Å². The van der Waals surface area contributed by atoms with Crippen LogP contribution in [0.1, 0.15) is 15.9 Å². The van der Waals surface area contributed by atoms with E-state index in [1.165, 1.54) is 5.56 Å². The van der Waals surface area contributed by atoms with Crippen LogP contribution in [0.4, 0.5) is 17.2 Å².